The van der Waals surface area contributed by atoms with Gasteiger partial charge in [-0.25, -0.2) is 0 Å². The molecular weight excluding hydrogens is 228 g/mol. The highest BCUT2D eigenvalue weighted by Crippen LogP contribution is 2.30. The summed E-state index contributed by atoms with van der Waals surface area (Å²) >= 11 is 0. The molecular formula is C14H26N2O2. The molecule has 0 aliphatic carbocycles. The van der Waals surface area contributed by atoms with E-state index in [0.29, 0.717) is 5.92 Å². The summed E-state index contributed by atoms with van der Waals surface area (Å²) in [5.41, 5.74) is -0.163. The smallest absolute Gasteiger partial charge is 0.227 e. The van der Waals surface area contributed by atoms with Crippen LogP contribution in [0.1, 0.15) is 39.0 Å². The van der Waals surface area contributed by atoms with E-state index in [0.717, 1.165) is 65.0 Å². The topological polar surface area (TPSA) is 50.4 Å². The van der Waals surface area contributed by atoms with Crippen molar-refractivity contribution in [2.24, 2.45) is 11.3 Å². The van der Waals surface area contributed by atoms with Crippen LogP contribution in [-0.4, -0.2) is 38.8 Å². The van der Waals surface area contributed by atoms with Crippen LogP contribution >= 0.6 is 0 Å². The van der Waals surface area contributed by atoms with E-state index in [1.807, 2.05) is 0 Å². The fraction of sp³-hybridized carbons (Fsp3) is 0.929. The Hall–Kier alpha value is -0.610. The van der Waals surface area contributed by atoms with Gasteiger partial charge in [-0.2, -0.15) is 0 Å². The monoisotopic (exact) mass is 254 g/mol. The first-order valence-corrected chi connectivity index (χ1v) is 7.33. The van der Waals surface area contributed by atoms with Crippen molar-refractivity contribution >= 4 is 5.91 Å². The van der Waals surface area contributed by atoms with Gasteiger partial charge in [0.1, 0.15) is 0 Å². The molecule has 1 amide bonds. The summed E-state index contributed by atoms with van der Waals surface area (Å²) in [6, 6.07) is 0. The highest BCUT2D eigenvalue weighted by atomic mass is 16.5. The Bertz CT molecular complexity index is 269. The second kappa shape index (κ2) is 6.53. The molecule has 2 rings (SSSR count). The highest BCUT2D eigenvalue weighted by Gasteiger charge is 2.37. The molecule has 4 heteroatoms. The molecule has 2 heterocycles. The second-order valence-electron chi connectivity index (χ2n) is 5.68. The molecule has 0 aromatic rings. The zero-order chi connectivity index (χ0) is 12.8. The van der Waals surface area contributed by atoms with Crippen LogP contribution in [0, 0.1) is 11.3 Å². The summed E-state index contributed by atoms with van der Waals surface area (Å²) < 4.78 is 5.34. The minimum atomic E-state index is -0.163. The number of carbonyl (C=O) groups is 1. The van der Waals surface area contributed by atoms with Crippen molar-refractivity contribution in [2.75, 3.05) is 32.8 Å². The predicted octanol–water partition coefficient (Wildman–Crippen LogP) is 1.31. The van der Waals surface area contributed by atoms with Crippen LogP contribution in [0.25, 0.3) is 0 Å². The van der Waals surface area contributed by atoms with Gasteiger partial charge in [0.2, 0.25) is 5.91 Å². The standard InChI is InChI=1S/C14H26N2O2/c1-2-14(6-3-7-15-11-14)13(17)16-10-12-4-8-18-9-5-12/h12,15H,2-11H2,1H3,(H,16,17). The largest absolute Gasteiger partial charge is 0.381 e. The van der Waals surface area contributed by atoms with E-state index in [1.165, 1.54) is 0 Å². The molecule has 1 atom stereocenters. The zero-order valence-electron chi connectivity index (χ0n) is 11.5. The summed E-state index contributed by atoms with van der Waals surface area (Å²) in [7, 11) is 0. The van der Waals surface area contributed by atoms with E-state index in [1.54, 1.807) is 0 Å². The van der Waals surface area contributed by atoms with Gasteiger partial charge in [0.05, 0.1) is 5.41 Å². The van der Waals surface area contributed by atoms with E-state index < -0.39 is 0 Å². The van der Waals surface area contributed by atoms with Gasteiger partial charge < -0.3 is 15.4 Å². The molecule has 104 valence electrons. The van der Waals surface area contributed by atoms with E-state index in [9.17, 15) is 4.79 Å². The normalized spacial score (nSPS) is 30.1. The first-order chi connectivity index (χ1) is 8.77. The lowest BCUT2D eigenvalue weighted by Crippen LogP contribution is -2.51. The van der Waals surface area contributed by atoms with Gasteiger partial charge in [-0.15, -0.1) is 0 Å². The number of amides is 1. The van der Waals surface area contributed by atoms with Crippen molar-refractivity contribution in [1.29, 1.82) is 0 Å². The average molecular weight is 254 g/mol. The van der Waals surface area contributed by atoms with Gasteiger partial charge in [0.25, 0.3) is 0 Å². The summed E-state index contributed by atoms with van der Waals surface area (Å²) in [6.07, 6.45) is 5.23. The summed E-state index contributed by atoms with van der Waals surface area (Å²) in [5, 5.41) is 6.54. The molecule has 0 radical (unpaired) electrons. The lowest BCUT2D eigenvalue weighted by atomic mass is 9.77. The van der Waals surface area contributed by atoms with E-state index >= 15 is 0 Å². The number of nitrogens with one attached hydrogen (secondary N) is 2. The number of carbonyl (C=O) groups excluding carboxylic acids is 1. The Morgan fingerprint density at radius 1 is 1.44 bits per heavy atom. The Kier molecular flexibility index (Phi) is 5.01. The number of hydrogen-bond donors (Lipinski definition) is 2. The summed E-state index contributed by atoms with van der Waals surface area (Å²) in [4.78, 5) is 12.4. The first kappa shape index (κ1) is 13.8. The molecule has 0 aromatic heterocycles. The van der Waals surface area contributed by atoms with Crippen LogP contribution < -0.4 is 10.6 Å². The summed E-state index contributed by atoms with van der Waals surface area (Å²) in [5.74, 6) is 0.858. The maximum Gasteiger partial charge on any atom is 0.227 e. The average Bonchev–Trinajstić information content (AvgIpc) is 2.46. The summed E-state index contributed by atoms with van der Waals surface area (Å²) in [6.45, 7) is 6.53. The Morgan fingerprint density at radius 3 is 2.83 bits per heavy atom. The third-order valence-corrected chi connectivity index (χ3v) is 4.52. The number of piperidine rings is 1. The molecule has 18 heavy (non-hydrogen) atoms. The van der Waals surface area contributed by atoms with E-state index in [4.69, 9.17) is 4.74 Å². The van der Waals surface area contributed by atoms with Crippen molar-refractivity contribution in [3.8, 4) is 0 Å². The van der Waals surface area contributed by atoms with Crippen molar-refractivity contribution < 1.29 is 9.53 Å². The molecule has 0 saturated carbocycles. The van der Waals surface area contributed by atoms with Crippen molar-refractivity contribution in [1.82, 2.24) is 10.6 Å². The molecule has 0 spiro atoms. The molecule has 2 fully saturated rings. The SMILES string of the molecule is CCC1(C(=O)NCC2CCOCC2)CCCNC1. The van der Waals surface area contributed by atoms with Gasteiger partial charge in [-0.3, -0.25) is 4.79 Å². The minimum Gasteiger partial charge on any atom is -0.381 e. The van der Waals surface area contributed by atoms with Crippen LogP contribution in [0.2, 0.25) is 0 Å². The van der Waals surface area contributed by atoms with Crippen LogP contribution in [0.15, 0.2) is 0 Å². The third kappa shape index (κ3) is 3.23. The van der Waals surface area contributed by atoms with Crippen LogP contribution in [0.4, 0.5) is 0 Å². The first-order valence-electron chi connectivity index (χ1n) is 7.33. The molecule has 2 saturated heterocycles. The molecule has 0 bridgehead atoms. The van der Waals surface area contributed by atoms with Crippen molar-refractivity contribution in [2.45, 2.75) is 39.0 Å². The molecule has 2 aliphatic heterocycles. The minimum absolute atomic E-state index is 0.163. The van der Waals surface area contributed by atoms with E-state index in [2.05, 4.69) is 17.6 Å². The highest BCUT2D eigenvalue weighted by molar-refractivity contribution is 5.83. The number of ether oxygens (including phenoxy) is 1. The molecule has 1 unspecified atom stereocenters. The van der Waals surface area contributed by atoms with Gasteiger partial charge in [-0.05, 0) is 44.6 Å². The zero-order valence-corrected chi connectivity index (χ0v) is 11.5. The third-order valence-electron chi connectivity index (χ3n) is 4.52. The fourth-order valence-electron chi connectivity index (χ4n) is 3.00. The Morgan fingerprint density at radius 2 is 2.22 bits per heavy atom. The fourth-order valence-corrected chi connectivity index (χ4v) is 3.00. The Labute approximate surface area is 110 Å². The predicted molar refractivity (Wildman–Crippen MR) is 71.4 cm³/mol. The van der Waals surface area contributed by atoms with Crippen LogP contribution in [0.3, 0.4) is 0 Å². The Balaban J connectivity index is 1.81. The lowest BCUT2D eigenvalue weighted by molar-refractivity contribution is -0.132. The molecule has 2 N–H and O–H groups in total. The lowest BCUT2D eigenvalue weighted by Gasteiger charge is -2.36. The van der Waals surface area contributed by atoms with Gasteiger partial charge >= 0.3 is 0 Å². The molecule has 2 aliphatic rings. The van der Waals surface area contributed by atoms with E-state index in [-0.39, 0.29) is 11.3 Å². The van der Waals surface area contributed by atoms with Crippen LogP contribution in [0.5, 0.6) is 0 Å². The number of rotatable bonds is 4. The van der Waals surface area contributed by atoms with Gasteiger partial charge in [-0.1, -0.05) is 6.92 Å². The molecule has 0 aromatic carbocycles. The number of hydrogen-bond acceptors (Lipinski definition) is 3. The van der Waals surface area contributed by atoms with Crippen molar-refractivity contribution in [3.63, 3.8) is 0 Å². The van der Waals surface area contributed by atoms with Gasteiger partial charge in [0.15, 0.2) is 0 Å². The quantitative estimate of drug-likeness (QED) is 0.795. The maximum atomic E-state index is 12.4. The van der Waals surface area contributed by atoms with Crippen molar-refractivity contribution in [3.05, 3.63) is 0 Å². The second-order valence-corrected chi connectivity index (χ2v) is 5.68. The maximum absolute atomic E-state index is 12.4. The van der Waals surface area contributed by atoms with Gasteiger partial charge in [0, 0.05) is 26.3 Å². The van der Waals surface area contributed by atoms with Crippen LogP contribution in [-0.2, 0) is 9.53 Å². The molecule has 4 nitrogen and oxygen atoms in total.